The van der Waals surface area contributed by atoms with Gasteiger partial charge in [0.2, 0.25) is 11.7 Å². The van der Waals surface area contributed by atoms with Crippen LogP contribution in [0.2, 0.25) is 5.02 Å². The number of hydrogen-bond acceptors (Lipinski definition) is 6. The second-order valence-corrected chi connectivity index (χ2v) is 9.25. The van der Waals surface area contributed by atoms with Gasteiger partial charge in [0.25, 0.3) is 5.56 Å². The molecule has 0 bridgehead atoms. The molecule has 0 unspecified atom stereocenters. The summed E-state index contributed by atoms with van der Waals surface area (Å²) in [5.74, 6) is 1.37. The highest BCUT2D eigenvalue weighted by atomic mass is 35.5. The number of benzene rings is 3. The van der Waals surface area contributed by atoms with Crippen molar-refractivity contribution in [3.05, 3.63) is 92.9 Å². The van der Waals surface area contributed by atoms with Crippen LogP contribution in [0.25, 0.3) is 11.0 Å². The van der Waals surface area contributed by atoms with Crippen LogP contribution in [0.15, 0.2) is 65.5 Å². The maximum atomic E-state index is 13.5. The summed E-state index contributed by atoms with van der Waals surface area (Å²) >= 11 is 6.22. The van der Waals surface area contributed by atoms with Crippen molar-refractivity contribution >= 4 is 28.5 Å². The number of amides is 1. The van der Waals surface area contributed by atoms with E-state index < -0.39 is 0 Å². The van der Waals surface area contributed by atoms with Crippen molar-refractivity contribution in [3.8, 4) is 17.2 Å². The summed E-state index contributed by atoms with van der Waals surface area (Å²) < 4.78 is 18.0. The average molecular weight is 536 g/mol. The Labute approximate surface area is 226 Å². The van der Waals surface area contributed by atoms with Crippen LogP contribution in [-0.4, -0.2) is 48.7 Å². The lowest BCUT2D eigenvalue weighted by atomic mass is 10.1. The molecule has 198 valence electrons. The second-order valence-electron chi connectivity index (χ2n) is 8.81. The standard InChI is InChI=1S/C29H30ClN3O5/c1-32(18-20-10-14-25(36-2)28(38-4)27(20)37-3)26(34)15-12-22-29(35)33(17-19-8-6-5-7-9-19)24-13-11-21(30)16-23(24)31-22/h5-11,13-14,16H,12,15,17-18H2,1-4H3. The maximum absolute atomic E-state index is 13.5. The van der Waals surface area contributed by atoms with Gasteiger partial charge >= 0.3 is 0 Å². The van der Waals surface area contributed by atoms with Crippen LogP contribution in [0.5, 0.6) is 17.2 Å². The zero-order chi connectivity index (χ0) is 27.2. The number of aromatic nitrogens is 2. The van der Waals surface area contributed by atoms with Crippen molar-refractivity contribution in [1.29, 1.82) is 0 Å². The molecular formula is C29H30ClN3O5. The van der Waals surface area contributed by atoms with Gasteiger partial charge in [0.15, 0.2) is 11.5 Å². The molecule has 0 aliphatic rings. The number of carbonyl (C=O) groups excluding carboxylic acids is 1. The lowest BCUT2D eigenvalue weighted by Gasteiger charge is -2.21. The average Bonchev–Trinajstić information content (AvgIpc) is 2.93. The Bertz CT molecular complexity index is 1500. The van der Waals surface area contributed by atoms with Gasteiger partial charge in [-0.05, 0) is 35.9 Å². The van der Waals surface area contributed by atoms with Crippen LogP contribution in [0.4, 0.5) is 0 Å². The molecule has 38 heavy (non-hydrogen) atoms. The quantitative estimate of drug-likeness (QED) is 0.292. The summed E-state index contributed by atoms with van der Waals surface area (Å²) in [4.78, 5) is 32.7. The van der Waals surface area contributed by atoms with Gasteiger partial charge in [-0.3, -0.25) is 9.59 Å². The monoisotopic (exact) mass is 535 g/mol. The van der Waals surface area contributed by atoms with Gasteiger partial charge in [0, 0.05) is 37.0 Å². The second kappa shape index (κ2) is 12.0. The summed E-state index contributed by atoms with van der Waals surface area (Å²) in [6.45, 7) is 0.682. The van der Waals surface area contributed by atoms with Crippen LogP contribution in [0.3, 0.4) is 0 Å². The van der Waals surface area contributed by atoms with Crippen LogP contribution in [-0.2, 0) is 24.3 Å². The van der Waals surface area contributed by atoms with Gasteiger partial charge in [-0.25, -0.2) is 4.98 Å². The fraction of sp³-hybridized carbons (Fsp3) is 0.276. The number of carbonyl (C=O) groups is 1. The van der Waals surface area contributed by atoms with Crippen molar-refractivity contribution in [1.82, 2.24) is 14.5 Å². The van der Waals surface area contributed by atoms with Crippen molar-refractivity contribution in [3.63, 3.8) is 0 Å². The van der Waals surface area contributed by atoms with E-state index in [-0.39, 0.29) is 24.3 Å². The van der Waals surface area contributed by atoms with E-state index in [4.69, 9.17) is 25.8 Å². The molecule has 0 saturated heterocycles. The smallest absolute Gasteiger partial charge is 0.273 e. The van der Waals surface area contributed by atoms with E-state index in [0.29, 0.717) is 52.1 Å². The van der Waals surface area contributed by atoms with E-state index in [1.165, 1.54) is 7.11 Å². The predicted octanol–water partition coefficient (Wildman–Crippen LogP) is 4.72. The highest BCUT2D eigenvalue weighted by Gasteiger charge is 2.20. The summed E-state index contributed by atoms with van der Waals surface area (Å²) in [7, 11) is 6.34. The maximum Gasteiger partial charge on any atom is 0.273 e. The Balaban J connectivity index is 1.56. The minimum atomic E-state index is -0.222. The lowest BCUT2D eigenvalue weighted by molar-refractivity contribution is -0.130. The molecule has 0 aliphatic heterocycles. The molecule has 0 fully saturated rings. The Morgan fingerprint density at radius 2 is 1.71 bits per heavy atom. The van der Waals surface area contributed by atoms with Crippen molar-refractivity contribution < 1.29 is 19.0 Å². The highest BCUT2D eigenvalue weighted by Crippen LogP contribution is 2.40. The van der Waals surface area contributed by atoms with Gasteiger partial charge < -0.3 is 23.7 Å². The fourth-order valence-corrected chi connectivity index (χ4v) is 4.57. The van der Waals surface area contributed by atoms with Gasteiger partial charge in [0.1, 0.15) is 5.69 Å². The number of halogens is 1. The first-order valence-electron chi connectivity index (χ1n) is 12.1. The number of rotatable bonds is 10. The van der Waals surface area contributed by atoms with Gasteiger partial charge in [-0.1, -0.05) is 41.9 Å². The number of hydrogen-bond donors (Lipinski definition) is 0. The first kappa shape index (κ1) is 27.0. The predicted molar refractivity (Wildman–Crippen MR) is 147 cm³/mol. The molecule has 1 amide bonds. The first-order chi connectivity index (χ1) is 18.4. The Kier molecular flexibility index (Phi) is 8.53. The SMILES string of the molecule is COc1ccc(CN(C)C(=O)CCc2nc3cc(Cl)ccc3n(Cc3ccccc3)c2=O)c(OC)c1OC. The topological polar surface area (TPSA) is 82.9 Å². The third-order valence-electron chi connectivity index (χ3n) is 6.35. The lowest BCUT2D eigenvalue weighted by Crippen LogP contribution is -2.30. The number of fused-ring (bicyclic) bond motifs is 1. The van der Waals surface area contributed by atoms with Crippen LogP contribution < -0.4 is 19.8 Å². The fourth-order valence-electron chi connectivity index (χ4n) is 4.41. The van der Waals surface area contributed by atoms with Gasteiger partial charge in [-0.2, -0.15) is 0 Å². The van der Waals surface area contributed by atoms with E-state index in [9.17, 15) is 9.59 Å². The highest BCUT2D eigenvalue weighted by molar-refractivity contribution is 6.31. The molecule has 3 aromatic carbocycles. The van der Waals surface area contributed by atoms with Crippen molar-refractivity contribution in [2.45, 2.75) is 25.9 Å². The van der Waals surface area contributed by atoms with E-state index >= 15 is 0 Å². The summed E-state index contributed by atoms with van der Waals surface area (Å²) in [5, 5.41) is 0.528. The molecule has 0 saturated carbocycles. The first-order valence-corrected chi connectivity index (χ1v) is 12.5. The molecule has 4 rings (SSSR count). The molecule has 9 heteroatoms. The molecule has 1 heterocycles. The van der Waals surface area contributed by atoms with Crippen molar-refractivity contribution in [2.75, 3.05) is 28.4 Å². The van der Waals surface area contributed by atoms with Crippen LogP contribution >= 0.6 is 11.6 Å². The number of nitrogens with zero attached hydrogens (tertiary/aromatic N) is 3. The minimum Gasteiger partial charge on any atom is -0.493 e. The Morgan fingerprint density at radius 1 is 0.974 bits per heavy atom. The Hall–Kier alpha value is -4.04. The number of ether oxygens (including phenoxy) is 3. The number of methoxy groups -OCH3 is 3. The summed E-state index contributed by atoms with van der Waals surface area (Å²) in [5.41, 5.74) is 3.16. The largest absolute Gasteiger partial charge is 0.493 e. The minimum absolute atomic E-state index is 0.117. The third kappa shape index (κ3) is 5.75. The van der Waals surface area contributed by atoms with E-state index in [1.54, 1.807) is 55.0 Å². The zero-order valence-corrected chi connectivity index (χ0v) is 22.6. The molecule has 0 aliphatic carbocycles. The molecule has 0 spiro atoms. The molecular weight excluding hydrogens is 506 g/mol. The molecule has 1 aromatic heterocycles. The van der Waals surface area contributed by atoms with Crippen LogP contribution in [0.1, 0.15) is 23.2 Å². The van der Waals surface area contributed by atoms with E-state index in [1.807, 2.05) is 36.4 Å². The van der Waals surface area contributed by atoms with Crippen LogP contribution in [0, 0.1) is 0 Å². The van der Waals surface area contributed by atoms with E-state index in [2.05, 4.69) is 4.98 Å². The van der Waals surface area contributed by atoms with E-state index in [0.717, 1.165) is 11.1 Å². The van der Waals surface area contributed by atoms with Gasteiger partial charge in [0.05, 0.1) is 38.9 Å². The molecule has 0 N–H and O–H groups in total. The van der Waals surface area contributed by atoms with Gasteiger partial charge in [-0.15, -0.1) is 0 Å². The normalized spacial score (nSPS) is 10.9. The molecule has 0 atom stereocenters. The third-order valence-corrected chi connectivity index (χ3v) is 6.59. The summed E-state index contributed by atoms with van der Waals surface area (Å²) in [6.07, 6.45) is 0.314. The number of aryl methyl sites for hydroxylation is 1. The summed E-state index contributed by atoms with van der Waals surface area (Å²) in [6, 6.07) is 18.6. The Morgan fingerprint density at radius 3 is 2.39 bits per heavy atom. The van der Waals surface area contributed by atoms with Crippen molar-refractivity contribution in [2.24, 2.45) is 0 Å². The molecule has 8 nitrogen and oxygen atoms in total. The molecule has 4 aromatic rings. The molecule has 0 radical (unpaired) electrons. The zero-order valence-electron chi connectivity index (χ0n) is 21.9.